The Balaban J connectivity index is 1.79. The topological polar surface area (TPSA) is 96.1 Å². The van der Waals surface area contributed by atoms with Crippen LogP contribution in [0.5, 0.6) is 0 Å². The van der Waals surface area contributed by atoms with Crippen LogP contribution in [0.3, 0.4) is 0 Å². The van der Waals surface area contributed by atoms with Crippen LogP contribution in [0.15, 0.2) is 0 Å². The maximum Gasteiger partial charge on any atom is 0.148 e. The molecule has 0 aromatic carbocycles. The van der Waals surface area contributed by atoms with E-state index in [1.165, 1.54) is 0 Å². The molecule has 104 valence electrons. The van der Waals surface area contributed by atoms with Gasteiger partial charge in [-0.1, -0.05) is 0 Å². The van der Waals surface area contributed by atoms with Gasteiger partial charge < -0.3 is 15.8 Å². The molecule has 0 atom stereocenters. The standard InChI is InChI=1S/C13H21N5O/c1-8-10(15-7-13(19)5-2-6-13)16-12(9-3-4-9)17-11(8)18-14/h9,19H,2-7,14H2,1H3,(H2,15,16,17,18). The smallest absolute Gasteiger partial charge is 0.148 e. The van der Waals surface area contributed by atoms with Crippen LogP contribution in [-0.2, 0) is 0 Å². The normalized spacial score (nSPS) is 20.8. The van der Waals surface area contributed by atoms with Gasteiger partial charge in [0.05, 0.1) is 5.60 Å². The Kier molecular flexibility index (Phi) is 3.06. The van der Waals surface area contributed by atoms with Crippen LogP contribution < -0.4 is 16.6 Å². The summed E-state index contributed by atoms with van der Waals surface area (Å²) in [6.45, 7) is 2.47. The molecule has 0 spiro atoms. The number of hydrogen-bond acceptors (Lipinski definition) is 6. The van der Waals surface area contributed by atoms with Crippen LogP contribution >= 0.6 is 0 Å². The van der Waals surface area contributed by atoms with Crippen LogP contribution in [0.2, 0.25) is 0 Å². The SMILES string of the molecule is Cc1c(NN)nc(C2CC2)nc1NCC1(O)CCC1. The van der Waals surface area contributed by atoms with E-state index in [2.05, 4.69) is 20.7 Å². The molecule has 0 amide bonds. The average molecular weight is 263 g/mol. The Morgan fingerprint density at radius 1 is 1.32 bits per heavy atom. The van der Waals surface area contributed by atoms with E-state index in [1.54, 1.807) is 0 Å². The summed E-state index contributed by atoms with van der Waals surface area (Å²) in [5, 5.41) is 13.4. The highest BCUT2D eigenvalue weighted by atomic mass is 16.3. The van der Waals surface area contributed by atoms with Gasteiger partial charge >= 0.3 is 0 Å². The van der Waals surface area contributed by atoms with Gasteiger partial charge in [-0.2, -0.15) is 0 Å². The van der Waals surface area contributed by atoms with Crippen molar-refractivity contribution >= 4 is 11.6 Å². The van der Waals surface area contributed by atoms with E-state index >= 15 is 0 Å². The Bertz CT molecular complexity index is 482. The van der Waals surface area contributed by atoms with Crippen LogP contribution in [-0.4, -0.2) is 27.2 Å². The van der Waals surface area contributed by atoms with E-state index in [4.69, 9.17) is 5.84 Å². The van der Waals surface area contributed by atoms with Crippen molar-refractivity contribution in [1.29, 1.82) is 0 Å². The van der Waals surface area contributed by atoms with Crippen molar-refractivity contribution in [3.05, 3.63) is 11.4 Å². The van der Waals surface area contributed by atoms with E-state index in [1.807, 2.05) is 6.92 Å². The number of nitrogens with two attached hydrogens (primary N) is 1. The molecule has 2 saturated carbocycles. The molecule has 0 aliphatic heterocycles. The number of nitrogen functional groups attached to an aromatic ring is 1. The maximum absolute atomic E-state index is 10.1. The number of aromatic nitrogens is 2. The Morgan fingerprint density at radius 3 is 2.53 bits per heavy atom. The van der Waals surface area contributed by atoms with Crippen LogP contribution in [0.25, 0.3) is 0 Å². The maximum atomic E-state index is 10.1. The number of hydrogen-bond donors (Lipinski definition) is 4. The van der Waals surface area contributed by atoms with Crippen molar-refractivity contribution in [3.63, 3.8) is 0 Å². The molecule has 0 saturated heterocycles. The van der Waals surface area contributed by atoms with Gasteiger partial charge in [-0.15, -0.1) is 0 Å². The molecule has 2 aliphatic rings. The van der Waals surface area contributed by atoms with Crippen LogP contribution in [0.4, 0.5) is 11.6 Å². The Labute approximate surface area is 112 Å². The molecule has 2 fully saturated rings. The van der Waals surface area contributed by atoms with Crippen molar-refractivity contribution < 1.29 is 5.11 Å². The van der Waals surface area contributed by atoms with Gasteiger partial charge in [-0.25, -0.2) is 15.8 Å². The van der Waals surface area contributed by atoms with Gasteiger partial charge in [-0.05, 0) is 39.0 Å². The molecule has 19 heavy (non-hydrogen) atoms. The van der Waals surface area contributed by atoms with E-state index in [0.29, 0.717) is 18.3 Å². The van der Waals surface area contributed by atoms with Gasteiger partial charge in [0.15, 0.2) is 0 Å². The first-order valence-electron chi connectivity index (χ1n) is 6.93. The predicted molar refractivity (Wildman–Crippen MR) is 73.8 cm³/mol. The fraction of sp³-hybridized carbons (Fsp3) is 0.692. The molecule has 6 heteroatoms. The quantitative estimate of drug-likeness (QED) is 0.472. The summed E-state index contributed by atoms with van der Waals surface area (Å²) in [6, 6.07) is 0. The molecule has 3 rings (SSSR count). The summed E-state index contributed by atoms with van der Waals surface area (Å²) in [7, 11) is 0. The summed E-state index contributed by atoms with van der Waals surface area (Å²) in [6.07, 6.45) is 5.12. The third-order valence-corrected chi connectivity index (χ3v) is 4.11. The van der Waals surface area contributed by atoms with E-state index in [0.717, 1.165) is 49.3 Å². The summed E-state index contributed by atoms with van der Waals surface area (Å²) in [5.41, 5.74) is 2.97. The number of rotatable bonds is 5. The first kappa shape index (κ1) is 12.6. The van der Waals surface area contributed by atoms with Gasteiger partial charge in [0.25, 0.3) is 0 Å². The summed E-state index contributed by atoms with van der Waals surface area (Å²) >= 11 is 0. The second-order valence-corrected chi connectivity index (χ2v) is 5.75. The zero-order valence-corrected chi connectivity index (χ0v) is 11.2. The van der Waals surface area contributed by atoms with Gasteiger partial charge in [0.1, 0.15) is 17.5 Å². The molecular formula is C13H21N5O. The van der Waals surface area contributed by atoms with Crippen molar-refractivity contribution in [2.45, 2.75) is 50.5 Å². The molecule has 1 aromatic rings. The lowest BCUT2D eigenvalue weighted by atomic mass is 9.80. The van der Waals surface area contributed by atoms with Crippen LogP contribution in [0.1, 0.15) is 49.4 Å². The predicted octanol–water partition coefficient (Wildman–Crippen LogP) is 1.27. The number of nitrogens with zero attached hydrogens (tertiary/aromatic N) is 2. The zero-order chi connectivity index (χ0) is 13.5. The van der Waals surface area contributed by atoms with Gasteiger partial charge in [-0.3, -0.25) is 0 Å². The second-order valence-electron chi connectivity index (χ2n) is 5.75. The largest absolute Gasteiger partial charge is 0.388 e. The third-order valence-electron chi connectivity index (χ3n) is 4.11. The molecular weight excluding hydrogens is 242 g/mol. The summed E-state index contributed by atoms with van der Waals surface area (Å²) in [4.78, 5) is 9.02. The van der Waals surface area contributed by atoms with Crippen LogP contribution in [0, 0.1) is 6.92 Å². The molecule has 0 radical (unpaired) electrons. The molecule has 6 nitrogen and oxygen atoms in total. The molecule has 0 unspecified atom stereocenters. The average Bonchev–Trinajstić information content (AvgIpc) is 3.19. The molecule has 1 aromatic heterocycles. The number of nitrogens with one attached hydrogen (secondary N) is 2. The highest BCUT2D eigenvalue weighted by Crippen LogP contribution is 2.39. The minimum Gasteiger partial charge on any atom is -0.388 e. The number of aliphatic hydroxyl groups is 1. The van der Waals surface area contributed by atoms with Crippen molar-refractivity contribution in [2.24, 2.45) is 5.84 Å². The highest BCUT2D eigenvalue weighted by molar-refractivity contribution is 5.57. The van der Waals surface area contributed by atoms with Crippen molar-refractivity contribution in [1.82, 2.24) is 9.97 Å². The first-order valence-corrected chi connectivity index (χ1v) is 6.93. The second kappa shape index (κ2) is 4.61. The molecule has 5 N–H and O–H groups in total. The highest BCUT2D eigenvalue weighted by Gasteiger charge is 2.34. The van der Waals surface area contributed by atoms with Gasteiger partial charge in [0.2, 0.25) is 0 Å². The van der Waals surface area contributed by atoms with Crippen molar-refractivity contribution in [2.75, 3.05) is 17.3 Å². The minimum atomic E-state index is -0.562. The fourth-order valence-electron chi connectivity index (χ4n) is 2.38. The van der Waals surface area contributed by atoms with E-state index < -0.39 is 5.60 Å². The summed E-state index contributed by atoms with van der Waals surface area (Å²) in [5.74, 6) is 8.28. The molecule has 1 heterocycles. The molecule has 0 bridgehead atoms. The number of anilines is 2. The van der Waals surface area contributed by atoms with Crippen molar-refractivity contribution in [3.8, 4) is 0 Å². The third kappa shape index (κ3) is 2.50. The first-order chi connectivity index (χ1) is 9.11. The fourth-order valence-corrected chi connectivity index (χ4v) is 2.38. The Morgan fingerprint density at radius 2 is 2.00 bits per heavy atom. The molecule has 2 aliphatic carbocycles. The van der Waals surface area contributed by atoms with Gasteiger partial charge in [0, 0.05) is 18.0 Å². The summed E-state index contributed by atoms with van der Waals surface area (Å²) < 4.78 is 0. The lowest BCUT2D eigenvalue weighted by Crippen LogP contribution is -2.43. The number of hydrazine groups is 1. The van der Waals surface area contributed by atoms with E-state index in [-0.39, 0.29) is 0 Å². The van der Waals surface area contributed by atoms with E-state index in [9.17, 15) is 5.11 Å². The monoisotopic (exact) mass is 263 g/mol. The zero-order valence-electron chi connectivity index (χ0n) is 11.2. The lowest BCUT2D eigenvalue weighted by Gasteiger charge is -2.36. The minimum absolute atomic E-state index is 0.472. The Hall–Kier alpha value is -1.40. The lowest BCUT2D eigenvalue weighted by molar-refractivity contribution is -0.0202.